The van der Waals surface area contributed by atoms with Crippen LogP contribution in [0.15, 0.2) is 71.6 Å². The first kappa shape index (κ1) is 29.6. The van der Waals surface area contributed by atoms with Crippen molar-refractivity contribution in [3.63, 3.8) is 0 Å². The lowest BCUT2D eigenvalue weighted by atomic mass is 10.0. The first-order chi connectivity index (χ1) is 18.2. The molecule has 38 heavy (non-hydrogen) atoms. The van der Waals surface area contributed by atoms with Crippen LogP contribution in [0.1, 0.15) is 68.4 Å². The van der Waals surface area contributed by atoms with Crippen LogP contribution >= 0.6 is 0 Å². The monoisotopic (exact) mass is 536 g/mol. The molecule has 0 heterocycles. The summed E-state index contributed by atoms with van der Waals surface area (Å²) in [5, 5.41) is -0.892. The van der Waals surface area contributed by atoms with E-state index < -0.39 is 15.1 Å². The van der Waals surface area contributed by atoms with Crippen LogP contribution in [-0.2, 0) is 9.84 Å². The van der Waals surface area contributed by atoms with E-state index in [1.807, 2.05) is 81.4 Å². The second kappa shape index (κ2) is 13.7. The Labute approximate surface area is 230 Å². The van der Waals surface area contributed by atoms with Gasteiger partial charge < -0.3 is 14.5 Å². The Hall–Kier alpha value is -2.99. The van der Waals surface area contributed by atoms with Crippen LogP contribution in [0.5, 0.6) is 5.75 Å². The van der Waals surface area contributed by atoms with Crippen LogP contribution < -0.4 is 14.5 Å². The molecular formula is C32H44N2O3S. The fourth-order valence-electron chi connectivity index (χ4n) is 4.62. The van der Waals surface area contributed by atoms with E-state index in [0.29, 0.717) is 22.8 Å². The Morgan fingerprint density at radius 3 is 1.89 bits per heavy atom. The second-order valence-corrected chi connectivity index (χ2v) is 12.1. The summed E-state index contributed by atoms with van der Waals surface area (Å²) >= 11 is 0. The zero-order chi connectivity index (χ0) is 27.7. The SMILES string of the molecule is CCCCN(CCCC)c1ccc(C(c2ccc(N(C)C)cc2)S(=O)(=O)c2ccc(C)cc2)c(OCC)c1. The van der Waals surface area contributed by atoms with Crippen molar-refractivity contribution in [2.75, 3.05) is 43.6 Å². The number of unbranched alkanes of at least 4 members (excludes halogenated alkanes) is 2. The van der Waals surface area contributed by atoms with Crippen LogP contribution in [0.4, 0.5) is 11.4 Å². The fourth-order valence-corrected chi connectivity index (χ4v) is 6.45. The number of hydrogen-bond donors (Lipinski definition) is 0. The van der Waals surface area contributed by atoms with Gasteiger partial charge in [0.2, 0.25) is 0 Å². The molecule has 1 atom stereocenters. The lowest BCUT2D eigenvalue weighted by Gasteiger charge is -2.27. The summed E-state index contributed by atoms with van der Waals surface area (Å²) in [5.74, 6) is 0.625. The van der Waals surface area contributed by atoms with Gasteiger partial charge in [-0.15, -0.1) is 0 Å². The highest BCUT2D eigenvalue weighted by molar-refractivity contribution is 7.92. The van der Waals surface area contributed by atoms with Gasteiger partial charge in [-0.3, -0.25) is 0 Å². The van der Waals surface area contributed by atoms with Gasteiger partial charge in [0.1, 0.15) is 11.0 Å². The molecule has 0 saturated heterocycles. The number of sulfone groups is 1. The molecule has 0 aliphatic heterocycles. The third-order valence-corrected chi connectivity index (χ3v) is 8.96. The van der Waals surface area contributed by atoms with E-state index in [2.05, 4.69) is 24.8 Å². The fraction of sp³-hybridized carbons (Fsp3) is 0.438. The van der Waals surface area contributed by atoms with Crippen LogP contribution in [0, 0.1) is 6.92 Å². The largest absolute Gasteiger partial charge is 0.493 e. The van der Waals surface area contributed by atoms with Crippen molar-refractivity contribution >= 4 is 21.2 Å². The molecule has 6 heteroatoms. The van der Waals surface area contributed by atoms with E-state index in [1.54, 1.807) is 12.1 Å². The first-order valence-corrected chi connectivity index (χ1v) is 15.4. The molecular weight excluding hydrogens is 492 g/mol. The highest BCUT2D eigenvalue weighted by Crippen LogP contribution is 2.41. The number of ether oxygens (including phenoxy) is 1. The molecule has 0 aliphatic rings. The summed E-state index contributed by atoms with van der Waals surface area (Å²) in [6.07, 6.45) is 4.47. The number of anilines is 2. The first-order valence-electron chi connectivity index (χ1n) is 13.8. The summed E-state index contributed by atoms with van der Waals surface area (Å²) in [6, 6.07) is 21.0. The van der Waals surface area contributed by atoms with Gasteiger partial charge in [-0.2, -0.15) is 0 Å². The van der Waals surface area contributed by atoms with Crippen molar-refractivity contribution in [3.05, 3.63) is 83.4 Å². The molecule has 0 fully saturated rings. The Balaban J connectivity index is 2.18. The third kappa shape index (κ3) is 7.10. The molecule has 206 valence electrons. The minimum atomic E-state index is -3.77. The maximum atomic E-state index is 14.2. The van der Waals surface area contributed by atoms with E-state index in [9.17, 15) is 8.42 Å². The maximum Gasteiger partial charge on any atom is 0.189 e. The van der Waals surface area contributed by atoms with Crippen molar-refractivity contribution in [3.8, 4) is 5.75 Å². The van der Waals surface area contributed by atoms with Gasteiger partial charge >= 0.3 is 0 Å². The average molecular weight is 537 g/mol. The van der Waals surface area contributed by atoms with Crippen LogP contribution in [0.3, 0.4) is 0 Å². The van der Waals surface area contributed by atoms with Crippen molar-refractivity contribution in [2.45, 2.75) is 63.5 Å². The minimum absolute atomic E-state index is 0.309. The Morgan fingerprint density at radius 2 is 1.37 bits per heavy atom. The molecule has 0 amide bonds. The molecule has 1 unspecified atom stereocenters. The molecule has 0 bridgehead atoms. The summed E-state index contributed by atoms with van der Waals surface area (Å²) in [5.41, 5.74) is 4.50. The lowest BCUT2D eigenvalue weighted by molar-refractivity contribution is 0.336. The van der Waals surface area contributed by atoms with Gasteiger partial charge in [0.15, 0.2) is 9.84 Å². The standard InChI is InChI=1S/C32H44N2O3S/c1-7-10-22-34(23-11-8-2)28-18-21-30(31(24-28)37-9-3)32(26-14-16-27(17-15-26)33(5)6)38(35,36)29-19-12-25(4)13-20-29/h12-21,24,32H,7-11,22-23H2,1-6H3. The van der Waals surface area contributed by atoms with E-state index in [0.717, 1.165) is 61.3 Å². The van der Waals surface area contributed by atoms with Crippen LogP contribution in [0.2, 0.25) is 0 Å². The molecule has 0 aromatic heterocycles. The number of aryl methyl sites for hydroxylation is 1. The van der Waals surface area contributed by atoms with Gasteiger partial charge in [-0.25, -0.2) is 8.42 Å². The van der Waals surface area contributed by atoms with E-state index in [-0.39, 0.29) is 0 Å². The van der Waals surface area contributed by atoms with Gasteiger partial charge in [0.25, 0.3) is 0 Å². The highest BCUT2D eigenvalue weighted by Gasteiger charge is 2.33. The van der Waals surface area contributed by atoms with Crippen molar-refractivity contribution in [2.24, 2.45) is 0 Å². The molecule has 5 nitrogen and oxygen atoms in total. The Morgan fingerprint density at radius 1 is 0.789 bits per heavy atom. The summed E-state index contributed by atoms with van der Waals surface area (Å²) in [4.78, 5) is 4.72. The van der Waals surface area contributed by atoms with Crippen molar-refractivity contribution < 1.29 is 13.2 Å². The quantitative estimate of drug-likeness (QED) is 0.214. The smallest absolute Gasteiger partial charge is 0.189 e. The van der Waals surface area contributed by atoms with Gasteiger partial charge in [-0.05, 0) is 62.6 Å². The normalized spacial score (nSPS) is 12.3. The lowest BCUT2D eigenvalue weighted by Crippen LogP contribution is -2.26. The Bertz CT molecular complexity index is 1240. The molecule has 0 N–H and O–H groups in total. The zero-order valence-electron chi connectivity index (χ0n) is 23.9. The van der Waals surface area contributed by atoms with Gasteiger partial charge in [-0.1, -0.05) is 62.6 Å². The summed E-state index contributed by atoms with van der Waals surface area (Å²) < 4.78 is 34.6. The topological polar surface area (TPSA) is 49.9 Å². The molecule has 0 aliphatic carbocycles. The zero-order valence-corrected chi connectivity index (χ0v) is 24.7. The van der Waals surface area contributed by atoms with Crippen LogP contribution in [0.25, 0.3) is 0 Å². The predicted octanol–water partition coefficient (Wildman–Crippen LogP) is 7.43. The van der Waals surface area contributed by atoms with E-state index >= 15 is 0 Å². The average Bonchev–Trinajstić information content (AvgIpc) is 2.90. The Kier molecular flexibility index (Phi) is 10.7. The second-order valence-electron chi connectivity index (χ2n) is 10.1. The predicted molar refractivity (Wildman–Crippen MR) is 161 cm³/mol. The highest BCUT2D eigenvalue weighted by atomic mass is 32.2. The van der Waals surface area contributed by atoms with E-state index in [1.165, 1.54) is 0 Å². The maximum absolute atomic E-state index is 14.2. The summed E-state index contributed by atoms with van der Waals surface area (Å²) in [6.45, 7) is 10.7. The van der Waals surface area contributed by atoms with Crippen molar-refractivity contribution in [1.82, 2.24) is 0 Å². The molecule has 3 aromatic carbocycles. The number of rotatable bonds is 14. The number of nitrogens with zero attached hydrogens (tertiary/aromatic N) is 2. The minimum Gasteiger partial charge on any atom is -0.493 e. The van der Waals surface area contributed by atoms with Gasteiger partial charge in [0, 0.05) is 50.2 Å². The van der Waals surface area contributed by atoms with Gasteiger partial charge in [0.05, 0.1) is 11.5 Å². The molecule has 3 rings (SSSR count). The number of benzene rings is 3. The number of hydrogen-bond acceptors (Lipinski definition) is 5. The molecule has 0 spiro atoms. The van der Waals surface area contributed by atoms with Crippen molar-refractivity contribution in [1.29, 1.82) is 0 Å². The van der Waals surface area contributed by atoms with E-state index in [4.69, 9.17) is 4.74 Å². The van der Waals surface area contributed by atoms with Crippen LogP contribution in [-0.4, -0.2) is 42.2 Å². The third-order valence-electron chi connectivity index (χ3n) is 6.88. The molecule has 0 radical (unpaired) electrons. The molecule has 0 saturated carbocycles. The molecule has 3 aromatic rings. The summed E-state index contributed by atoms with van der Waals surface area (Å²) in [7, 11) is 0.186.